The minimum atomic E-state index is 0.210. The van der Waals surface area contributed by atoms with Gasteiger partial charge in [0.1, 0.15) is 5.75 Å². The van der Waals surface area contributed by atoms with Crippen molar-refractivity contribution in [2.24, 2.45) is 11.3 Å². The monoisotopic (exact) mass is 247 g/mol. The first-order valence-corrected chi connectivity index (χ1v) is 6.97. The summed E-state index contributed by atoms with van der Waals surface area (Å²) in [5.41, 5.74) is 2.61. The highest BCUT2D eigenvalue weighted by Gasteiger charge is 2.44. The summed E-state index contributed by atoms with van der Waals surface area (Å²) in [6.07, 6.45) is 2.68. The molecule has 0 radical (unpaired) electrons. The third-order valence-corrected chi connectivity index (χ3v) is 4.53. The summed E-state index contributed by atoms with van der Waals surface area (Å²) < 4.78 is 0. The van der Waals surface area contributed by atoms with E-state index in [2.05, 4.69) is 32.2 Å². The van der Waals surface area contributed by atoms with E-state index in [0.717, 1.165) is 23.6 Å². The highest BCUT2D eigenvalue weighted by Crippen LogP contribution is 2.51. The van der Waals surface area contributed by atoms with Crippen LogP contribution >= 0.6 is 0 Å². The van der Waals surface area contributed by atoms with Gasteiger partial charge in [-0.2, -0.15) is 0 Å². The Labute approximate surface area is 110 Å². The molecule has 1 fully saturated rings. The summed E-state index contributed by atoms with van der Waals surface area (Å²) in [5.74, 6) is 1.15. The lowest BCUT2D eigenvalue weighted by Gasteiger charge is -2.24. The Morgan fingerprint density at radius 2 is 1.94 bits per heavy atom. The van der Waals surface area contributed by atoms with Crippen LogP contribution in [-0.2, 0) is 0 Å². The van der Waals surface area contributed by atoms with Crippen LogP contribution in [0.1, 0.15) is 50.8 Å². The van der Waals surface area contributed by atoms with Gasteiger partial charge in [-0.05, 0) is 49.7 Å². The molecule has 2 N–H and O–H groups in total. The molecule has 0 bridgehead atoms. The molecule has 2 rings (SSSR count). The standard InChI is InChI=1S/C16H25NO/c1-11(2)16(7-8-16)10-17-13(4)14-6-5-12(3)9-15(14)18/h5-6,9,11,13,17-18H,7-8,10H2,1-4H3. The average molecular weight is 247 g/mol. The second kappa shape index (κ2) is 4.93. The molecule has 0 aromatic heterocycles. The molecule has 0 aliphatic heterocycles. The smallest absolute Gasteiger partial charge is 0.120 e. The molecular formula is C16H25NO. The zero-order valence-corrected chi connectivity index (χ0v) is 12.0. The summed E-state index contributed by atoms with van der Waals surface area (Å²) in [7, 11) is 0. The van der Waals surface area contributed by atoms with Gasteiger partial charge >= 0.3 is 0 Å². The molecule has 18 heavy (non-hydrogen) atoms. The molecular weight excluding hydrogens is 222 g/mol. The summed E-state index contributed by atoms with van der Waals surface area (Å²) in [4.78, 5) is 0. The highest BCUT2D eigenvalue weighted by atomic mass is 16.3. The molecule has 0 spiro atoms. The molecule has 1 atom stereocenters. The SMILES string of the molecule is Cc1ccc(C(C)NCC2(C(C)C)CC2)c(O)c1. The summed E-state index contributed by atoms with van der Waals surface area (Å²) >= 11 is 0. The van der Waals surface area contributed by atoms with E-state index in [-0.39, 0.29) is 6.04 Å². The quantitative estimate of drug-likeness (QED) is 0.829. The number of rotatable bonds is 5. The van der Waals surface area contributed by atoms with E-state index in [4.69, 9.17) is 0 Å². The van der Waals surface area contributed by atoms with Gasteiger partial charge in [-0.25, -0.2) is 0 Å². The molecule has 2 nitrogen and oxygen atoms in total. The second-order valence-corrected chi connectivity index (χ2v) is 6.18. The molecule has 1 saturated carbocycles. The van der Waals surface area contributed by atoms with Crippen LogP contribution in [0.25, 0.3) is 0 Å². The normalized spacial score (nSPS) is 18.9. The number of hydrogen-bond donors (Lipinski definition) is 2. The van der Waals surface area contributed by atoms with Crippen molar-refractivity contribution in [3.05, 3.63) is 29.3 Å². The topological polar surface area (TPSA) is 32.3 Å². The molecule has 0 amide bonds. The summed E-state index contributed by atoms with van der Waals surface area (Å²) in [6, 6.07) is 6.13. The molecule has 1 aliphatic rings. The van der Waals surface area contributed by atoms with E-state index in [1.807, 2.05) is 19.1 Å². The van der Waals surface area contributed by atoms with Crippen molar-refractivity contribution in [2.45, 2.75) is 46.6 Å². The van der Waals surface area contributed by atoms with Crippen molar-refractivity contribution in [3.63, 3.8) is 0 Å². The first-order chi connectivity index (χ1) is 8.44. The fourth-order valence-corrected chi connectivity index (χ4v) is 2.60. The number of phenols is 1. The number of aromatic hydroxyl groups is 1. The van der Waals surface area contributed by atoms with Gasteiger partial charge in [0.15, 0.2) is 0 Å². The molecule has 1 unspecified atom stereocenters. The number of aryl methyl sites for hydroxylation is 1. The Hall–Kier alpha value is -1.02. The largest absolute Gasteiger partial charge is 0.508 e. The Bertz CT molecular complexity index is 421. The Morgan fingerprint density at radius 3 is 2.44 bits per heavy atom. The van der Waals surface area contributed by atoms with Gasteiger partial charge in [0, 0.05) is 18.2 Å². The zero-order chi connectivity index (χ0) is 13.3. The van der Waals surface area contributed by atoms with Crippen molar-refractivity contribution in [1.29, 1.82) is 0 Å². The molecule has 1 aliphatic carbocycles. The first kappa shape index (κ1) is 13.4. The predicted octanol–water partition coefficient (Wildman–Crippen LogP) is 3.79. The van der Waals surface area contributed by atoms with Gasteiger partial charge < -0.3 is 10.4 Å². The predicted molar refractivity (Wildman–Crippen MR) is 75.8 cm³/mol. The maximum atomic E-state index is 9.98. The molecule has 1 aromatic carbocycles. The lowest BCUT2D eigenvalue weighted by atomic mass is 9.92. The van der Waals surface area contributed by atoms with Gasteiger partial charge in [0.25, 0.3) is 0 Å². The van der Waals surface area contributed by atoms with Crippen LogP contribution in [-0.4, -0.2) is 11.7 Å². The van der Waals surface area contributed by atoms with Crippen LogP contribution in [0.3, 0.4) is 0 Å². The Morgan fingerprint density at radius 1 is 1.28 bits per heavy atom. The summed E-state index contributed by atoms with van der Waals surface area (Å²) in [5, 5.41) is 13.6. The van der Waals surface area contributed by atoms with Gasteiger partial charge in [0.2, 0.25) is 0 Å². The number of nitrogens with one attached hydrogen (secondary N) is 1. The third-order valence-electron chi connectivity index (χ3n) is 4.53. The zero-order valence-electron chi connectivity index (χ0n) is 12.0. The van der Waals surface area contributed by atoms with Crippen LogP contribution < -0.4 is 5.32 Å². The first-order valence-electron chi connectivity index (χ1n) is 6.97. The second-order valence-electron chi connectivity index (χ2n) is 6.18. The Balaban J connectivity index is 1.98. The number of phenolic OH excluding ortho intramolecular Hbond substituents is 1. The van der Waals surface area contributed by atoms with E-state index >= 15 is 0 Å². The van der Waals surface area contributed by atoms with E-state index in [1.165, 1.54) is 12.8 Å². The van der Waals surface area contributed by atoms with Crippen molar-refractivity contribution in [2.75, 3.05) is 6.54 Å². The third kappa shape index (κ3) is 2.69. The molecule has 2 heteroatoms. The van der Waals surface area contributed by atoms with E-state index in [0.29, 0.717) is 11.2 Å². The molecule has 0 heterocycles. The van der Waals surface area contributed by atoms with Crippen LogP contribution in [0, 0.1) is 18.3 Å². The van der Waals surface area contributed by atoms with E-state index in [9.17, 15) is 5.11 Å². The molecule has 0 saturated heterocycles. The minimum Gasteiger partial charge on any atom is -0.508 e. The van der Waals surface area contributed by atoms with Gasteiger partial charge in [-0.1, -0.05) is 26.0 Å². The maximum Gasteiger partial charge on any atom is 0.120 e. The average Bonchev–Trinajstić information content (AvgIpc) is 3.07. The van der Waals surface area contributed by atoms with Crippen molar-refractivity contribution >= 4 is 0 Å². The molecule has 100 valence electrons. The Kier molecular flexibility index (Phi) is 3.67. The maximum absolute atomic E-state index is 9.98. The lowest BCUT2D eigenvalue weighted by Crippen LogP contribution is -2.29. The minimum absolute atomic E-state index is 0.210. The molecule has 1 aromatic rings. The van der Waals surface area contributed by atoms with Gasteiger partial charge in [0.05, 0.1) is 0 Å². The number of benzene rings is 1. The van der Waals surface area contributed by atoms with Crippen molar-refractivity contribution in [1.82, 2.24) is 5.32 Å². The van der Waals surface area contributed by atoms with Crippen molar-refractivity contribution < 1.29 is 5.11 Å². The lowest BCUT2D eigenvalue weighted by molar-refractivity contribution is 0.323. The summed E-state index contributed by atoms with van der Waals surface area (Å²) in [6.45, 7) is 9.80. The fourth-order valence-electron chi connectivity index (χ4n) is 2.60. The van der Waals surface area contributed by atoms with Crippen molar-refractivity contribution in [3.8, 4) is 5.75 Å². The van der Waals surface area contributed by atoms with Gasteiger partial charge in [-0.3, -0.25) is 0 Å². The van der Waals surface area contributed by atoms with Crippen LogP contribution in [0.15, 0.2) is 18.2 Å². The number of hydrogen-bond acceptors (Lipinski definition) is 2. The van der Waals surface area contributed by atoms with Crippen LogP contribution in [0.5, 0.6) is 5.75 Å². The van der Waals surface area contributed by atoms with Gasteiger partial charge in [-0.15, -0.1) is 0 Å². The fraction of sp³-hybridized carbons (Fsp3) is 0.625. The van der Waals surface area contributed by atoms with E-state index in [1.54, 1.807) is 0 Å². The van der Waals surface area contributed by atoms with E-state index < -0.39 is 0 Å². The van der Waals surface area contributed by atoms with Crippen LogP contribution in [0.4, 0.5) is 0 Å². The highest BCUT2D eigenvalue weighted by molar-refractivity contribution is 5.37. The van der Waals surface area contributed by atoms with Crippen LogP contribution in [0.2, 0.25) is 0 Å².